The lowest BCUT2D eigenvalue weighted by atomic mass is 10.0. The summed E-state index contributed by atoms with van der Waals surface area (Å²) >= 11 is 4.35. The maximum absolute atomic E-state index is 10.7. The monoisotopic (exact) mass is 375 g/mol. The number of benzene rings is 2. The highest BCUT2D eigenvalue weighted by atomic mass is 35.5. The molecule has 0 saturated heterocycles. The van der Waals surface area contributed by atoms with Crippen LogP contribution in [0.2, 0.25) is 0 Å². The van der Waals surface area contributed by atoms with E-state index in [0.717, 1.165) is 18.4 Å². The van der Waals surface area contributed by atoms with Gasteiger partial charge in [0.25, 0.3) is 0 Å². The van der Waals surface area contributed by atoms with Gasteiger partial charge in [0.1, 0.15) is 11.6 Å². The van der Waals surface area contributed by atoms with Crippen molar-refractivity contribution in [2.24, 2.45) is 0 Å². The maximum atomic E-state index is 10.7. The molecule has 1 heterocycles. The van der Waals surface area contributed by atoms with E-state index in [2.05, 4.69) is 36.4 Å². The number of nitrogens with zero attached hydrogens (tertiary/aromatic N) is 1. The average Bonchev–Trinajstić information content (AvgIpc) is 3.01. The SMILES string of the molecule is CC.CC(C)N1CCc2c1cc(O)c1ccccc21.FC(F)(F)CCl. The van der Waals surface area contributed by atoms with Crippen LogP contribution in [0.25, 0.3) is 10.8 Å². The number of aromatic hydroxyl groups is 1. The lowest BCUT2D eigenvalue weighted by Crippen LogP contribution is -2.28. The Morgan fingerprint density at radius 3 is 2.16 bits per heavy atom. The van der Waals surface area contributed by atoms with Crippen LogP contribution in [0.4, 0.5) is 18.9 Å². The molecule has 0 unspecified atom stereocenters. The molecule has 1 aliphatic heterocycles. The lowest BCUT2D eigenvalue weighted by molar-refractivity contribution is -0.106. The molecule has 2 aromatic carbocycles. The molecule has 0 spiro atoms. The number of phenols is 1. The van der Waals surface area contributed by atoms with Gasteiger partial charge in [-0.2, -0.15) is 13.2 Å². The average molecular weight is 376 g/mol. The molecule has 1 N–H and O–H groups in total. The minimum Gasteiger partial charge on any atom is -0.507 e. The molecule has 0 saturated carbocycles. The summed E-state index contributed by atoms with van der Waals surface area (Å²) in [6.45, 7) is 9.45. The predicted molar refractivity (Wildman–Crippen MR) is 99.9 cm³/mol. The van der Waals surface area contributed by atoms with Gasteiger partial charge in [0, 0.05) is 29.7 Å². The zero-order valence-electron chi connectivity index (χ0n) is 15.0. The first-order chi connectivity index (χ1) is 11.7. The van der Waals surface area contributed by atoms with E-state index in [9.17, 15) is 18.3 Å². The Labute approximate surface area is 152 Å². The number of halogens is 4. The van der Waals surface area contributed by atoms with Crippen molar-refractivity contribution in [1.82, 2.24) is 0 Å². The predicted octanol–water partition coefficient (Wildman–Crippen LogP) is 6.13. The van der Waals surface area contributed by atoms with Gasteiger partial charge in [-0.25, -0.2) is 0 Å². The summed E-state index contributed by atoms with van der Waals surface area (Å²) in [6.07, 6.45) is -3.12. The van der Waals surface area contributed by atoms with Gasteiger partial charge in [-0.05, 0) is 31.2 Å². The molecular weight excluding hydrogens is 351 g/mol. The molecule has 25 heavy (non-hydrogen) atoms. The molecule has 1 aliphatic rings. The van der Waals surface area contributed by atoms with Crippen molar-refractivity contribution in [2.75, 3.05) is 17.3 Å². The number of anilines is 1. The fourth-order valence-corrected chi connectivity index (χ4v) is 2.81. The van der Waals surface area contributed by atoms with E-state index in [4.69, 9.17) is 0 Å². The number of fused-ring (bicyclic) bond motifs is 3. The Morgan fingerprint density at radius 2 is 1.68 bits per heavy atom. The Hall–Kier alpha value is -1.62. The van der Waals surface area contributed by atoms with Gasteiger partial charge in [0.05, 0.1) is 0 Å². The standard InChI is InChI=1S/C15H17NO.C2H2ClF3.C2H6/c1-10(2)16-8-7-12-11-5-3-4-6-13(11)15(17)9-14(12)16;3-1-2(4,5)6;1-2/h3-6,9-10,17H,7-8H2,1-2H3;1H2;1-2H3. The molecule has 0 fully saturated rings. The van der Waals surface area contributed by atoms with Crippen LogP contribution in [0.3, 0.4) is 0 Å². The fourth-order valence-electron chi connectivity index (χ4n) is 2.81. The third kappa shape index (κ3) is 5.43. The van der Waals surface area contributed by atoms with Crippen molar-refractivity contribution in [1.29, 1.82) is 0 Å². The van der Waals surface area contributed by atoms with Crippen LogP contribution in [-0.4, -0.2) is 29.7 Å². The fraction of sp³-hybridized carbons (Fsp3) is 0.474. The van der Waals surface area contributed by atoms with Crippen LogP contribution < -0.4 is 4.90 Å². The number of alkyl halides is 4. The number of rotatable bonds is 1. The lowest BCUT2D eigenvalue weighted by Gasteiger charge is -2.24. The highest BCUT2D eigenvalue weighted by Gasteiger charge is 2.25. The van der Waals surface area contributed by atoms with E-state index in [1.165, 1.54) is 16.6 Å². The number of hydrogen-bond donors (Lipinski definition) is 1. The summed E-state index contributed by atoms with van der Waals surface area (Å²) in [4.78, 5) is 2.36. The highest BCUT2D eigenvalue weighted by Crippen LogP contribution is 2.40. The zero-order valence-corrected chi connectivity index (χ0v) is 15.7. The van der Waals surface area contributed by atoms with Crippen molar-refractivity contribution >= 4 is 28.1 Å². The van der Waals surface area contributed by atoms with E-state index in [1.807, 2.05) is 38.1 Å². The van der Waals surface area contributed by atoms with Crippen molar-refractivity contribution in [3.63, 3.8) is 0 Å². The first-order valence-corrected chi connectivity index (χ1v) is 8.91. The Bertz CT molecular complexity index is 686. The molecule has 0 atom stereocenters. The summed E-state index contributed by atoms with van der Waals surface area (Å²) < 4.78 is 32.0. The highest BCUT2D eigenvalue weighted by molar-refractivity contribution is 6.18. The molecule has 2 aromatic rings. The van der Waals surface area contributed by atoms with E-state index in [-0.39, 0.29) is 0 Å². The van der Waals surface area contributed by atoms with E-state index < -0.39 is 12.1 Å². The normalized spacial score (nSPS) is 13.1. The van der Waals surface area contributed by atoms with Crippen molar-refractivity contribution in [2.45, 2.75) is 46.3 Å². The van der Waals surface area contributed by atoms with Gasteiger partial charge < -0.3 is 10.0 Å². The first-order valence-electron chi connectivity index (χ1n) is 8.37. The zero-order chi connectivity index (χ0) is 19.2. The molecule has 3 rings (SSSR count). The molecule has 0 aromatic heterocycles. The third-order valence-electron chi connectivity index (χ3n) is 3.80. The van der Waals surface area contributed by atoms with Gasteiger partial charge in [-0.15, -0.1) is 11.6 Å². The van der Waals surface area contributed by atoms with Crippen LogP contribution >= 0.6 is 11.6 Å². The topological polar surface area (TPSA) is 23.5 Å². The molecule has 0 bridgehead atoms. The van der Waals surface area contributed by atoms with E-state index >= 15 is 0 Å². The van der Waals surface area contributed by atoms with Crippen molar-refractivity contribution in [3.05, 3.63) is 35.9 Å². The second-order valence-electron chi connectivity index (χ2n) is 5.72. The van der Waals surface area contributed by atoms with Gasteiger partial charge in [0.15, 0.2) is 0 Å². The summed E-state index contributed by atoms with van der Waals surface area (Å²) in [7, 11) is 0. The Kier molecular flexibility index (Phi) is 7.87. The third-order valence-corrected chi connectivity index (χ3v) is 4.10. The summed E-state index contributed by atoms with van der Waals surface area (Å²) in [5.74, 6) is -0.862. The smallest absolute Gasteiger partial charge is 0.402 e. The van der Waals surface area contributed by atoms with Gasteiger partial charge in [0.2, 0.25) is 0 Å². The van der Waals surface area contributed by atoms with Gasteiger partial charge in [-0.3, -0.25) is 0 Å². The summed E-state index contributed by atoms with van der Waals surface area (Å²) in [6, 6.07) is 10.5. The van der Waals surface area contributed by atoms with E-state index in [0.29, 0.717) is 11.8 Å². The Morgan fingerprint density at radius 1 is 1.16 bits per heavy atom. The Balaban J connectivity index is 0.000000335. The first kappa shape index (κ1) is 21.4. The van der Waals surface area contributed by atoms with Gasteiger partial charge in [-0.1, -0.05) is 38.1 Å². The quantitative estimate of drug-likeness (QED) is 0.606. The number of hydrogen-bond acceptors (Lipinski definition) is 2. The molecule has 6 heteroatoms. The largest absolute Gasteiger partial charge is 0.507 e. The van der Waals surface area contributed by atoms with Gasteiger partial charge >= 0.3 is 6.18 Å². The molecule has 2 nitrogen and oxygen atoms in total. The van der Waals surface area contributed by atoms with E-state index in [1.54, 1.807) is 0 Å². The van der Waals surface area contributed by atoms with Crippen LogP contribution in [0.15, 0.2) is 30.3 Å². The molecule has 140 valence electrons. The maximum Gasteiger partial charge on any atom is 0.402 e. The molecule has 0 radical (unpaired) electrons. The van der Waals surface area contributed by atoms with Crippen molar-refractivity contribution in [3.8, 4) is 5.75 Å². The molecule has 0 aliphatic carbocycles. The second-order valence-corrected chi connectivity index (χ2v) is 5.99. The molecule has 0 amide bonds. The van der Waals surface area contributed by atoms with Crippen molar-refractivity contribution < 1.29 is 18.3 Å². The summed E-state index contributed by atoms with van der Waals surface area (Å²) in [5.41, 5.74) is 2.59. The summed E-state index contributed by atoms with van der Waals surface area (Å²) in [5, 5.41) is 12.3. The van der Waals surface area contributed by atoms with Crippen LogP contribution in [-0.2, 0) is 6.42 Å². The van der Waals surface area contributed by atoms with Crippen LogP contribution in [0.5, 0.6) is 5.75 Å². The second kappa shape index (κ2) is 9.18. The number of phenolic OH excluding ortho intramolecular Hbond substituents is 1. The van der Waals surface area contributed by atoms with Crippen LogP contribution in [0.1, 0.15) is 33.3 Å². The molecular formula is C19H25ClF3NO. The van der Waals surface area contributed by atoms with Crippen LogP contribution in [0, 0.1) is 0 Å². The minimum atomic E-state index is -4.19. The minimum absolute atomic E-state index is 0.395.